The van der Waals surface area contributed by atoms with Gasteiger partial charge in [-0.1, -0.05) is 73.1 Å². The standard InChI is InChI=1S/C28H36BrNO3Si/c1-28(2,3)34(5,6)33-18-10-13-21(26-23(29)16-17-25(32-4)27(26)31)19-30-24-15-9-12-20-11-7-8-14-22(20)24/h7-9,11-12,14-17,19,21,31H,10,13,18H2,1-6H3. The molecule has 3 rings (SSSR count). The number of rotatable bonds is 9. The van der Waals surface area contributed by atoms with Crippen molar-refractivity contribution in [2.45, 2.75) is 57.7 Å². The topological polar surface area (TPSA) is 51.0 Å². The maximum atomic E-state index is 11.0. The summed E-state index contributed by atoms with van der Waals surface area (Å²) in [5, 5.41) is 13.4. The van der Waals surface area contributed by atoms with Gasteiger partial charge in [-0.25, -0.2) is 0 Å². The fourth-order valence-corrected chi connectivity index (χ4v) is 5.41. The molecule has 1 atom stereocenters. The van der Waals surface area contributed by atoms with Crippen LogP contribution in [0, 0.1) is 0 Å². The summed E-state index contributed by atoms with van der Waals surface area (Å²) in [5.41, 5.74) is 1.70. The van der Waals surface area contributed by atoms with E-state index in [2.05, 4.69) is 68.0 Å². The maximum Gasteiger partial charge on any atom is 0.191 e. The monoisotopic (exact) mass is 541 g/mol. The minimum Gasteiger partial charge on any atom is -0.504 e. The molecule has 0 spiro atoms. The first kappa shape index (κ1) is 26.5. The maximum absolute atomic E-state index is 11.0. The van der Waals surface area contributed by atoms with Crippen LogP contribution in [0.2, 0.25) is 18.1 Å². The molecule has 0 aliphatic carbocycles. The molecule has 34 heavy (non-hydrogen) atoms. The summed E-state index contributed by atoms with van der Waals surface area (Å²) in [7, 11) is -0.238. The van der Waals surface area contributed by atoms with Crippen LogP contribution in [0.15, 0.2) is 64.1 Å². The smallest absolute Gasteiger partial charge is 0.191 e. The van der Waals surface area contributed by atoms with E-state index in [1.54, 1.807) is 13.2 Å². The lowest BCUT2D eigenvalue weighted by Gasteiger charge is -2.36. The van der Waals surface area contributed by atoms with Crippen LogP contribution in [-0.4, -0.2) is 33.4 Å². The van der Waals surface area contributed by atoms with E-state index >= 15 is 0 Å². The highest BCUT2D eigenvalue weighted by atomic mass is 79.9. The molecule has 4 nitrogen and oxygen atoms in total. The number of hydrogen-bond acceptors (Lipinski definition) is 4. The molecule has 0 saturated heterocycles. The number of methoxy groups -OCH3 is 1. The Bertz CT molecular complexity index is 1150. The second kappa shape index (κ2) is 11.1. The lowest BCUT2D eigenvalue weighted by Crippen LogP contribution is -2.41. The largest absolute Gasteiger partial charge is 0.504 e. The highest BCUT2D eigenvalue weighted by molar-refractivity contribution is 9.10. The Morgan fingerprint density at radius 1 is 1.06 bits per heavy atom. The number of benzene rings is 3. The van der Waals surface area contributed by atoms with Gasteiger partial charge in [0.1, 0.15) is 0 Å². The Kier molecular flexibility index (Phi) is 8.60. The van der Waals surface area contributed by atoms with E-state index in [-0.39, 0.29) is 16.7 Å². The molecular weight excluding hydrogens is 506 g/mol. The summed E-state index contributed by atoms with van der Waals surface area (Å²) in [6.07, 6.45) is 3.61. The van der Waals surface area contributed by atoms with Gasteiger partial charge in [0.15, 0.2) is 19.8 Å². The number of ether oxygens (including phenoxy) is 1. The zero-order valence-electron chi connectivity index (χ0n) is 21.1. The van der Waals surface area contributed by atoms with Gasteiger partial charge in [-0.2, -0.15) is 0 Å². The lowest BCUT2D eigenvalue weighted by molar-refractivity contribution is 0.278. The number of phenolic OH excluding ortho intramolecular Hbond substituents is 1. The summed E-state index contributed by atoms with van der Waals surface area (Å²) in [6, 6.07) is 18.1. The van der Waals surface area contributed by atoms with Crippen molar-refractivity contribution in [1.82, 2.24) is 0 Å². The van der Waals surface area contributed by atoms with Crippen molar-refractivity contribution in [2.24, 2.45) is 4.99 Å². The number of fused-ring (bicyclic) bond motifs is 1. The molecule has 0 saturated carbocycles. The lowest BCUT2D eigenvalue weighted by atomic mass is 9.94. The molecule has 1 unspecified atom stereocenters. The van der Waals surface area contributed by atoms with Crippen molar-refractivity contribution in [3.63, 3.8) is 0 Å². The minimum absolute atomic E-state index is 0.105. The van der Waals surface area contributed by atoms with Gasteiger partial charge in [0.25, 0.3) is 0 Å². The molecule has 1 N–H and O–H groups in total. The van der Waals surface area contributed by atoms with E-state index in [9.17, 15) is 5.11 Å². The SMILES string of the molecule is COc1ccc(Br)c(C(C=Nc2cccc3ccccc23)CCCO[Si](C)(C)C(C)(C)C)c1O. The zero-order chi connectivity index (χ0) is 24.9. The van der Waals surface area contributed by atoms with Gasteiger partial charge in [0, 0.05) is 34.2 Å². The molecule has 3 aromatic carbocycles. The van der Waals surface area contributed by atoms with E-state index in [4.69, 9.17) is 14.2 Å². The van der Waals surface area contributed by atoms with Crippen LogP contribution in [0.5, 0.6) is 11.5 Å². The Morgan fingerprint density at radius 3 is 2.47 bits per heavy atom. The molecule has 0 amide bonds. The summed E-state index contributed by atoms with van der Waals surface area (Å²) in [5.74, 6) is 0.502. The molecule has 0 fully saturated rings. The Hall–Kier alpha value is -2.15. The number of aliphatic imine (C=N–C) groups is 1. The predicted octanol–water partition coefficient (Wildman–Crippen LogP) is 8.60. The highest BCUT2D eigenvalue weighted by Gasteiger charge is 2.36. The second-order valence-corrected chi connectivity index (χ2v) is 15.8. The molecule has 0 radical (unpaired) electrons. The molecule has 182 valence electrons. The Labute approximate surface area is 213 Å². The number of halogens is 1. The fraction of sp³-hybridized carbons (Fsp3) is 0.393. The summed E-state index contributed by atoms with van der Waals surface area (Å²) >= 11 is 3.64. The van der Waals surface area contributed by atoms with Gasteiger partial charge in [-0.05, 0) is 54.6 Å². The van der Waals surface area contributed by atoms with E-state index in [1.807, 2.05) is 36.5 Å². The molecular formula is C28H36BrNO3Si. The third-order valence-corrected chi connectivity index (χ3v) is 12.0. The van der Waals surface area contributed by atoms with Crippen molar-refractivity contribution < 1.29 is 14.3 Å². The van der Waals surface area contributed by atoms with E-state index in [0.29, 0.717) is 12.4 Å². The fourth-order valence-electron chi connectivity index (χ4n) is 3.71. The Morgan fingerprint density at radius 2 is 1.76 bits per heavy atom. The second-order valence-electron chi connectivity index (χ2n) is 10.1. The van der Waals surface area contributed by atoms with Crippen LogP contribution < -0.4 is 4.74 Å². The summed E-state index contributed by atoms with van der Waals surface area (Å²) in [6.45, 7) is 12.0. The normalized spacial score (nSPS) is 13.5. The van der Waals surface area contributed by atoms with Crippen molar-refractivity contribution in [2.75, 3.05) is 13.7 Å². The molecule has 0 aliphatic rings. The molecule has 6 heteroatoms. The van der Waals surface area contributed by atoms with Crippen LogP contribution in [0.4, 0.5) is 5.69 Å². The van der Waals surface area contributed by atoms with E-state index < -0.39 is 8.32 Å². The first-order valence-electron chi connectivity index (χ1n) is 11.8. The summed E-state index contributed by atoms with van der Waals surface area (Å²) < 4.78 is 12.6. The minimum atomic E-state index is -1.81. The van der Waals surface area contributed by atoms with Crippen molar-refractivity contribution >= 4 is 46.9 Å². The van der Waals surface area contributed by atoms with Crippen molar-refractivity contribution in [3.05, 3.63) is 64.6 Å². The van der Waals surface area contributed by atoms with E-state index in [0.717, 1.165) is 39.3 Å². The Balaban J connectivity index is 1.89. The quantitative estimate of drug-likeness (QED) is 0.167. The number of phenols is 1. The van der Waals surface area contributed by atoms with Gasteiger partial charge in [0.05, 0.1) is 12.8 Å². The summed E-state index contributed by atoms with van der Waals surface area (Å²) in [4.78, 5) is 4.89. The average molecular weight is 543 g/mol. The van der Waals surface area contributed by atoms with Gasteiger partial charge in [0.2, 0.25) is 0 Å². The van der Waals surface area contributed by atoms with Crippen LogP contribution in [0.25, 0.3) is 10.8 Å². The molecule has 0 aromatic heterocycles. The van der Waals surface area contributed by atoms with Gasteiger partial charge >= 0.3 is 0 Å². The molecule has 3 aromatic rings. The molecule has 0 aliphatic heterocycles. The average Bonchev–Trinajstić information content (AvgIpc) is 2.79. The van der Waals surface area contributed by atoms with Gasteiger partial charge in [-0.15, -0.1) is 0 Å². The van der Waals surface area contributed by atoms with Gasteiger partial charge < -0.3 is 14.3 Å². The molecule has 0 bridgehead atoms. The third-order valence-electron chi connectivity index (χ3n) is 6.81. The number of nitrogens with zero attached hydrogens (tertiary/aromatic N) is 1. The number of aromatic hydroxyl groups is 1. The van der Waals surface area contributed by atoms with Crippen LogP contribution >= 0.6 is 15.9 Å². The van der Waals surface area contributed by atoms with Crippen LogP contribution in [0.3, 0.4) is 0 Å². The highest BCUT2D eigenvalue weighted by Crippen LogP contribution is 2.42. The van der Waals surface area contributed by atoms with Crippen molar-refractivity contribution in [1.29, 1.82) is 0 Å². The zero-order valence-corrected chi connectivity index (χ0v) is 23.6. The van der Waals surface area contributed by atoms with Crippen LogP contribution in [0.1, 0.15) is 45.1 Å². The number of hydrogen-bond donors (Lipinski definition) is 1. The van der Waals surface area contributed by atoms with Crippen LogP contribution in [-0.2, 0) is 4.43 Å². The van der Waals surface area contributed by atoms with Gasteiger partial charge in [-0.3, -0.25) is 4.99 Å². The van der Waals surface area contributed by atoms with Crippen molar-refractivity contribution in [3.8, 4) is 11.5 Å². The predicted molar refractivity (Wildman–Crippen MR) is 150 cm³/mol. The first-order chi connectivity index (χ1) is 16.0. The molecule has 0 heterocycles. The first-order valence-corrected chi connectivity index (χ1v) is 15.5. The van der Waals surface area contributed by atoms with E-state index in [1.165, 1.54) is 0 Å². The third kappa shape index (κ3) is 6.09.